The summed E-state index contributed by atoms with van der Waals surface area (Å²) in [4.78, 5) is 11.9. The summed E-state index contributed by atoms with van der Waals surface area (Å²) in [5.74, 6) is -1.82. The van der Waals surface area contributed by atoms with Crippen molar-refractivity contribution in [3.63, 3.8) is 0 Å². The number of carboxylic acid groups (broad SMARTS) is 1. The molecule has 19 heavy (non-hydrogen) atoms. The third-order valence-electron chi connectivity index (χ3n) is 2.29. The van der Waals surface area contributed by atoms with Crippen molar-refractivity contribution >= 4 is 17.7 Å². The number of nitrogens with zero attached hydrogens (tertiary/aromatic N) is 3. The first kappa shape index (κ1) is 14.2. The quantitative estimate of drug-likeness (QED) is 0.643. The Morgan fingerprint density at radius 2 is 2.00 bits per heavy atom. The zero-order chi connectivity index (χ0) is 14.3. The van der Waals surface area contributed by atoms with E-state index in [1.165, 1.54) is 23.1 Å². The van der Waals surface area contributed by atoms with Crippen LogP contribution in [0.3, 0.4) is 0 Å². The molecule has 0 bridgehead atoms. The molecule has 96 valence electrons. The Morgan fingerprint density at radius 3 is 2.53 bits per heavy atom. The van der Waals surface area contributed by atoms with Crippen LogP contribution in [0.2, 0.25) is 0 Å². The number of hydrogen-bond donors (Lipinski definition) is 1. The molecule has 0 saturated heterocycles. The van der Waals surface area contributed by atoms with Crippen LogP contribution in [-0.4, -0.2) is 24.2 Å². The largest absolute Gasteiger partial charge is 0.478 e. The summed E-state index contributed by atoms with van der Waals surface area (Å²) >= 11 is 0. The SMILES string of the molecule is N#CCN(CC#N)c1cccc(F)c1/C=C/C(=O)O. The number of anilines is 1. The maximum absolute atomic E-state index is 13.7. The average molecular weight is 259 g/mol. The number of carboxylic acids is 1. The molecule has 0 saturated carbocycles. The highest BCUT2D eigenvalue weighted by atomic mass is 19.1. The van der Waals surface area contributed by atoms with Crippen LogP contribution < -0.4 is 4.90 Å². The van der Waals surface area contributed by atoms with Crippen LogP contribution in [0.4, 0.5) is 10.1 Å². The summed E-state index contributed by atoms with van der Waals surface area (Å²) < 4.78 is 13.7. The highest BCUT2D eigenvalue weighted by Gasteiger charge is 2.12. The van der Waals surface area contributed by atoms with Gasteiger partial charge in [-0.25, -0.2) is 9.18 Å². The fourth-order valence-corrected chi connectivity index (χ4v) is 1.52. The molecule has 1 aromatic carbocycles. The minimum Gasteiger partial charge on any atom is -0.478 e. The predicted molar refractivity (Wildman–Crippen MR) is 66.5 cm³/mol. The van der Waals surface area contributed by atoms with Gasteiger partial charge in [0.25, 0.3) is 0 Å². The van der Waals surface area contributed by atoms with Crippen LogP contribution >= 0.6 is 0 Å². The van der Waals surface area contributed by atoms with Gasteiger partial charge in [0.15, 0.2) is 0 Å². The second-order valence-corrected chi connectivity index (χ2v) is 3.52. The smallest absolute Gasteiger partial charge is 0.328 e. The average Bonchev–Trinajstić information content (AvgIpc) is 2.36. The van der Waals surface area contributed by atoms with E-state index in [9.17, 15) is 9.18 Å². The molecule has 1 N–H and O–H groups in total. The molecule has 0 aliphatic carbocycles. The normalized spacial score (nSPS) is 9.84. The van der Waals surface area contributed by atoms with Crippen molar-refractivity contribution in [1.82, 2.24) is 0 Å². The minimum absolute atomic E-state index is 0.0374. The highest BCUT2D eigenvalue weighted by molar-refractivity contribution is 5.87. The van der Waals surface area contributed by atoms with Gasteiger partial charge in [0.05, 0.1) is 12.1 Å². The van der Waals surface area contributed by atoms with E-state index >= 15 is 0 Å². The van der Waals surface area contributed by atoms with Gasteiger partial charge in [-0.2, -0.15) is 10.5 Å². The van der Waals surface area contributed by atoms with Gasteiger partial charge >= 0.3 is 5.97 Å². The molecule has 0 spiro atoms. The number of rotatable bonds is 5. The Hall–Kier alpha value is -2.86. The predicted octanol–water partition coefficient (Wildman–Crippen LogP) is 1.78. The first-order valence-corrected chi connectivity index (χ1v) is 5.28. The van der Waals surface area contributed by atoms with E-state index in [1.807, 2.05) is 12.1 Å². The van der Waals surface area contributed by atoms with Crippen molar-refractivity contribution in [2.45, 2.75) is 0 Å². The van der Waals surface area contributed by atoms with E-state index in [0.717, 1.165) is 12.2 Å². The molecule has 0 radical (unpaired) electrons. The Morgan fingerprint density at radius 1 is 1.37 bits per heavy atom. The van der Waals surface area contributed by atoms with Crippen molar-refractivity contribution in [1.29, 1.82) is 10.5 Å². The summed E-state index contributed by atoms with van der Waals surface area (Å²) in [5.41, 5.74) is 0.344. The molecule has 5 nitrogen and oxygen atoms in total. The van der Waals surface area contributed by atoms with Crippen molar-refractivity contribution in [3.8, 4) is 12.1 Å². The second-order valence-electron chi connectivity index (χ2n) is 3.52. The maximum atomic E-state index is 13.7. The van der Waals surface area contributed by atoms with Crippen LogP contribution in [0, 0.1) is 28.5 Å². The number of hydrogen-bond acceptors (Lipinski definition) is 4. The first-order chi connectivity index (χ1) is 9.10. The Kier molecular flexibility index (Phi) is 5.06. The van der Waals surface area contributed by atoms with Gasteiger partial charge in [-0.3, -0.25) is 0 Å². The third kappa shape index (κ3) is 3.83. The second kappa shape index (κ2) is 6.77. The van der Waals surface area contributed by atoms with Gasteiger partial charge in [-0.05, 0) is 18.2 Å². The first-order valence-electron chi connectivity index (χ1n) is 5.28. The van der Waals surface area contributed by atoms with Crippen molar-refractivity contribution in [2.24, 2.45) is 0 Å². The van der Waals surface area contributed by atoms with E-state index in [1.54, 1.807) is 0 Å². The minimum atomic E-state index is -1.21. The molecule has 0 atom stereocenters. The molecule has 0 aromatic heterocycles. The lowest BCUT2D eigenvalue weighted by Gasteiger charge is -2.20. The lowest BCUT2D eigenvalue weighted by molar-refractivity contribution is -0.131. The molecular formula is C13H10FN3O2. The lowest BCUT2D eigenvalue weighted by atomic mass is 10.1. The van der Waals surface area contributed by atoms with Crippen LogP contribution in [0.5, 0.6) is 0 Å². The van der Waals surface area contributed by atoms with Gasteiger partial charge < -0.3 is 10.0 Å². The molecule has 0 aliphatic rings. The van der Waals surface area contributed by atoms with Crippen molar-refractivity contribution in [2.75, 3.05) is 18.0 Å². The van der Waals surface area contributed by atoms with Gasteiger partial charge in [-0.1, -0.05) is 6.07 Å². The van der Waals surface area contributed by atoms with E-state index in [0.29, 0.717) is 5.69 Å². The van der Waals surface area contributed by atoms with Gasteiger partial charge in [-0.15, -0.1) is 0 Å². The number of nitriles is 2. The van der Waals surface area contributed by atoms with Gasteiger partial charge in [0.2, 0.25) is 0 Å². The van der Waals surface area contributed by atoms with Crippen LogP contribution in [-0.2, 0) is 4.79 Å². The molecule has 6 heteroatoms. The standard InChI is InChI=1S/C13H10FN3O2/c14-11-2-1-3-12(10(11)4-5-13(18)19)17(8-6-15)9-7-16/h1-5H,8-9H2,(H,18,19)/b5-4+. The summed E-state index contributed by atoms with van der Waals surface area (Å²) in [6, 6.07) is 7.89. The Bertz CT molecular complexity index is 569. The van der Waals surface area contributed by atoms with E-state index in [2.05, 4.69) is 0 Å². The van der Waals surface area contributed by atoms with Crippen LogP contribution in [0.1, 0.15) is 5.56 Å². The molecule has 0 aliphatic heterocycles. The topological polar surface area (TPSA) is 88.1 Å². The van der Waals surface area contributed by atoms with Crippen LogP contribution in [0.25, 0.3) is 6.08 Å². The van der Waals surface area contributed by atoms with E-state index in [-0.39, 0.29) is 18.7 Å². The molecule has 0 unspecified atom stereocenters. The molecule has 0 amide bonds. The number of benzene rings is 1. The van der Waals surface area contributed by atoms with Crippen LogP contribution in [0.15, 0.2) is 24.3 Å². The van der Waals surface area contributed by atoms with Crippen molar-refractivity contribution in [3.05, 3.63) is 35.7 Å². The molecule has 0 heterocycles. The van der Waals surface area contributed by atoms with E-state index < -0.39 is 11.8 Å². The van der Waals surface area contributed by atoms with Gasteiger partial charge in [0, 0.05) is 17.3 Å². The Balaban J connectivity index is 3.26. The summed E-state index contributed by atoms with van der Waals surface area (Å²) in [5, 5.41) is 26.0. The van der Waals surface area contributed by atoms with E-state index in [4.69, 9.17) is 15.6 Å². The fraction of sp³-hybridized carbons (Fsp3) is 0.154. The molecule has 1 rings (SSSR count). The molecular weight excluding hydrogens is 249 g/mol. The Labute approximate surface area is 109 Å². The zero-order valence-corrected chi connectivity index (χ0v) is 9.88. The molecule has 0 fully saturated rings. The number of aliphatic carboxylic acids is 1. The lowest BCUT2D eigenvalue weighted by Crippen LogP contribution is -2.24. The summed E-state index contributed by atoms with van der Waals surface area (Å²) in [7, 11) is 0. The van der Waals surface area contributed by atoms with Crippen molar-refractivity contribution < 1.29 is 14.3 Å². The summed E-state index contributed by atoms with van der Waals surface area (Å²) in [6.07, 6.45) is 1.91. The van der Waals surface area contributed by atoms with Gasteiger partial charge in [0.1, 0.15) is 18.9 Å². The highest BCUT2D eigenvalue weighted by Crippen LogP contribution is 2.24. The summed E-state index contributed by atoms with van der Waals surface area (Å²) in [6.45, 7) is -0.185. The fourth-order valence-electron chi connectivity index (χ4n) is 1.52. The third-order valence-corrected chi connectivity index (χ3v) is 2.29. The zero-order valence-electron chi connectivity index (χ0n) is 9.88. The number of halogens is 1. The molecule has 1 aromatic rings. The monoisotopic (exact) mass is 259 g/mol. The maximum Gasteiger partial charge on any atom is 0.328 e. The number of carbonyl (C=O) groups is 1.